The Morgan fingerprint density at radius 1 is 1.29 bits per heavy atom. The topological polar surface area (TPSA) is 71.4 Å². The third kappa shape index (κ3) is 5.08. The second-order valence-electron chi connectivity index (χ2n) is 7.97. The molecule has 168 valence electrons. The molecule has 2 heterocycles. The number of halogens is 1. The molecule has 1 saturated carbocycles. The number of benzene rings is 1. The molecule has 31 heavy (non-hydrogen) atoms. The van der Waals surface area contributed by atoms with E-state index in [0.29, 0.717) is 31.1 Å². The molecule has 1 N–H and O–H groups in total. The van der Waals surface area contributed by atoms with Crippen LogP contribution in [0, 0.1) is 5.92 Å². The Morgan fingerprint density at radius 2 is 2.03 bits per heavy atom. The number of hydrogen-bond acceptors (Lipinski definition) is 5. The van der Waals surface area contributed by atoms with Gasteiger partial charge < -0.3 is 10.0 Å². The molecule has 9 heteroatoms. The minimum absolute atomic E-state index is 0.146. The number of aliphatic hydroxyl groups is 1. The van der Waals surface area contributed by atoms with Crippen LogP contribution >= 0.6 is 30.7 Å². The third-order valence-electron chi connectivity index (χ3n) is 5.86. The summed E-state index contributed by atoms with van der Waals surface area (Å²) in [6.07, 6.45) is 6.68. The van der Waals surface area contributed by atoms with Crippen molar-refractivity contribution in [3.05, 3.63) is 45.8 Å². The average Bonchev–Trinajstić information content (AvgIpc) is 3.58. The Morgan fingerprint density at radius 3 is 2.68 bits per heavy atom. The Bertz CT molecular complexity index is 1040. The molecule has 1 fully saturated rings. The number of rotatable bonds is 9. The second-order valence-corrected chi connectivity index (χ2v) is 11.4. The molecule has 2 aliphatic rings. The van der Waals surface area contributed by atoms with Crippen LogP contribution in [0.4, 0.5) is 0 Å². The highest BCUT2D eigenvalue weighted by Gasteiger charge is 2.39. The third-order valence-corrected chi connectivity index (χ3v) is 8.96. The molecule has 6 nitrogen and oxygen atoms in total. The van der Waals surface area contributed by atoms with Crippen molar-refractivity contribution in [2.24, 2.45) is 10.7 Å². The minimum atomic E-state index is -3.58. The van der Waals surface area contributed by atoms with Gasteiger partial charge in [0.25, 0.3) is 0 Å². The summed E-state index contributed by atoms with van der Waals surface area (Å²) in [6, 6.07) is 8.29. The molecule has 2 aromatic rings. The summed E-state index contributed by atoms with van der Waals surface area (Å²) in [5.41, 5.74) is 1.21. The van der Waals surface area contributed by atoms with Gasteiger partial charge in [0.2, 0.25) is 0 Å². The van der Waals surface area contributed by atoms with Crippen LogP contribution in [0.25, 0.3) is 10.1 Å². The van der Waals surface area contributed by atoms with Crippen LogP contribution in [0.5, 0.6) is 0 Å². The van der Waals surface area contributed by atoms with E-state index >= 15 is 0 Å². The van der Waals surface area contributed by atoms with E-state index in [9.17, 15) is 9.67 Å². The fourth-order valence-corrected chi connectivity index (χ4v) is 6.35. The van der Waals surface area contributed by atoms with Gasteiger partial charge in [0, 0.05) is 42.2 Å². The van der Waals surface area contributed by atoms with Crippen molar-refractivity contribution >= 4 is 46.6 Å². The van der Waals surface area contributed by atoms with Crippen molar-refractivity contribution < 1.29 is 18.7 Å². The summed E-state index contributed by atoms with van der Waals surface area (Å²) in [4.78, 5) is 3.29. The van der Waals surface area contributed by atoms with Crippen LogP contribution in [0.2, 0.25) is 5.02 Å². The Kier molecular flexibility index (Phi) is 7.21. The second kappa shape index (κ2) is 9.74. The Hall–Kier alpha value is -1.21. The summed E-state index contributed by atoms with van der Waals surface area (Å²) in [6.45, 7) is 0.739. The molecule has 0 spiro atoms. The van der Waals surface area contributed by atoms with Gasteiger partial charge in [-0.25, -0.2) is 4.57 Å². The van der Waals surface area contributed by atoms with Crippen molar-refractivity contribution in [1.29, 1.82) is 0 Å². The lowest BCUT2D eigenvalue weighted by atomic mass is 9.95. The highest BCUT2D eigenvalue weighted by molar-refractivity contribution is 7.52. The van der Waals surface area contributed by atoms with Gasteiger partial charge in [0.15, 0.2) is 0 Å². The molecule has 0 radical (unpaired) electrons. The zero-order chi connectivity index (χ0) is 22.0. The van der Waals surface area contributed by atoms with Crippen LogP contribution in [0.15, 0.2) is 40.7 Å². The molecule has 1 aromatic carbocycles. The highest BCUT2D eigenvalue weighted by Crippen LogP contribution is 2.50. The van der Waals surface area contributed by atoms with E-state index in [-0.39, 0.29) is 12.6 Å². The zero-order valence-electron chi connectivity index (χ0n) is 17.8. The molecule has 1 unspecified atom stereocenters. The molecule has 0 saturated heterocycles. The maximum atomic E-state index is 12.9. The zero-order valence-corrected chi connectivity index (χ0v) is 20.3. The molecule has 1 aromatic heterocycles. The van der Waals surface area contributed by atoms with Gasteiger partial charge in [-0.15, -0.1) is 11.3 Å². The first-order valence-electron chi connectivity index (χ1n) is 10.5. The van der Waals surface area contributed by atoms with E-state index in [0.717, 1.165) is 39.2 Å². The van der Waals surface area contributed by atoms with Gasteiger partial charge >= 0.3 is 7.75 Å². The van der Waals surface area contributed by atoms with Crippen molar-refractivity contribution in [2.75, 3.05) is 20.8 Å². The highest BCUT2D eigenvalue weighted by atomic mass is 35.5. The molecule has 1 aliphatic carbocycles. The summed E-state index contributed by atoms with van der Waals surface area (Å²) >= 11 is 8.43. The molecule has 0 amide bonds. The van der Waals surface area contributed by atoms with Crippen molar-refractivity contribution in [3.8, 4) is 0 Å². The van der Waals surface area contributed by atoms with Crippen molar-refractivity contribution in [2.45, 2.75) is 44.7 Å². The number of hydrogen-bond donors (Lipinski definition) is 1. The molecule has 1 aliphatic heterocycles. The first kappa shape index (κ1) is 23.0. The summed E-state index contributed by atoms with van der Waals surface area (Å²) in [5.74, 6) is 1.24. The average molecular weight is 483 g/mol. The maximum Gasteiger partial charge on any atom is 0.454 e. The van der Waals surface area contributed by atoms with Crippen LogP contribution < -0.4 is 0 Å². The van der Waals surface area contributed by atoms with E-state index in [2.05, 4.69) is 21.8 Å². The number of nitrogens with zero attached hydrogens (tertiary/aromatic N) is 2. The molecule has 1 atom stereocenters. The standard InChI is InChI=1S/C22H28ClN2O4PS/c1-28-30(27,29-2)24-21-13-15(6-5-11-26)12-18(16-9-10-16)25(21)14-20-22(23)17-7-3-4-8-19(17)31-20/h3-4,7-8,12,16,18,26H,5-6,9-11,13-14H2,1-2H3/b24-21-. The smallest absolute Gasteiger partial charge is 0.396 e. The van der Waals surface area contributed by atoms with E-state index in [1.807, 2.05) is 18.2 Å². The fourth-order valence-electron chi connectivity index (χ4n) is 4.08. The Balaban J connectivity index is 1.74. The fraction of sp³-hybridized carbons (Fsp3) is 0.500. The molecule has 0 bridgehead atoms. The quantitative estimate of drug-likeness (QED) is 0.348. The number of aliphatic hydroxyl groups excluding tert-OH is 1. The first-order valence-corrected chi connectivity index (χ1v) is 13.2. The molecular formula is C22H28ClN2O4PS. The van der Waals surface area contributed by atoms with Crippen LogP contribution in [-0.4, -0.2) is 42.7 Å². The summed E-state index contributed by atoms with van der Waals surface area (Å²) in [7, 11) is -0.876. The maximum absolute atomic E-state index is 12.9. The van der Waals surface area contributed by atoms with Crippen molar-refractivity contribution in [1.82, 2.24) is 4.90 Å². The predicted molar refractivity (Wildman–Crippen MR) is 127 cm³/mol. The monoisotopic (exact) mass is 482 g/mol. The summed E-state index contributed by atoms with van der Waals surface area (Å²) < 4.78 is 28.8. The van der Waals surface area contributed by atoms with Crippen LogP contribution in [0.1, 0.15) is 37.0 Å². The molecular weight excluding hydrogens is 455 g/mol. The van der Waals surface area contributed by atoms with E-state index in [4.69, 9.17) is 20.6 Å². The van der Waals surface area contributed by atoms with Gasteiger partial charge in [0.05, 0.1) is 17.6 Å². The van der Waals surface area contributed by atoms with Gasteiger partial charge in [0.1, 0.15) is 5.84 Å². The SMILES string of the molecule is COP(=O)(/N=C1/CC(CCCO)=CC(C2CC2)N1Cc1sc2ccccc2c1Cl)OC. The number of thiophene rings is 1. The van der Waals surface area contributed by atoms with Crippen molar-refractivity contribution in [3.63, 3.8) is 0 Å². The minimum Gasteiger partial charge on any atom is -0.396 e. The van der Waals surface area contributed by atoms with E-state index in [1.165, 1.54) is 19.8 Å². The van der Waals surface area contributed by atoms with Gasteiger partial charge in [-0.1, -0.05) is 41.4 Å². The normalized spacial score (nSPS) is 21.2. The van der Waals surface area contributed by atoms with Gasteiger partial charge in [-0.3, -0.25) is 9.05 Å². The van der Waals surface area contributed by atoms with Crippen LogP contribution in [0.3, 0.4) is 0 Å². The number of fused-ring (bicyclic) bond motifs is 1. The molecule has 4 rings (SSSR count). The Labute approximate surface area is 192 Å². The number of amidine groups is 1. The van der Waals surface area contributed by atoms with E-state index < -0.39 is 7.75 Å². The van der Waals surface area contributed by atoms with E-state index in [1.54, 1.807) is 11.3 Å². The largest absolute Gasteiger partial charge is 0.454 e. The first-order chi connectivity index (χ1) is 15.0. The summed E-state index contributed by atoms with van der Waals surface area (Å²) in [5, 5.41) is 11.1. The lowest BCUT2D eigenvalue weighted by Crippen LogP contribution is -2.43. The predicted octanol–water partition coefficient (Wildman–Crippen LogP) is 6.04. The lowest BCUT2D eigenvalue weighted by Gasteiger charge is -2.38. The lowest BCUT2D eigenvalue weighted by molar-refractivity contribution is 0.272. The van der Waals surface area contributed by atoms with Gasteiger partial charge in [-0.2, -0.15) is 4.76 Å². The van der Waals surface area contributed by atoms with Gasteiger partial charge in [-0.05, 0) is 37.7 Å². The van der Waals surface area contributed by atoms with Crippen LogP contribution in [-0.2, 0) is 20.2 Å².